The Morgan fingerprint density at radius 3 is 2.89 bits per heavy atom. The summed E-state index contributed by atoms with van der Waals surface area (Å²) in [5.41, 5.74) is 1.71. The first-order chi connectivity index (χ1) is 8.70. The number of carbonyl (C=O) groups is 1. The Labute approximate surface area is 105 Å². The summed E-state index contributed by atoms with van der Waals surface area (Å²) in [5, 5.41) is 2.65. The number of carbonyl (C=O) groups excluding carboxylic acids is 1. The molecule has 18 heavy (non-hydrogen) atoms. The Bertz CT molecular complexity index is 569. The molecule has 1 heterocycles. The van der Waals surface area contributed by atoms with Gasteiger partial charge in [0.25, 0.3) is 5.91 Å². The lowest BCUT2D eigenvalue weighted by atomic mass is 10.1. The summed E-state index contributed by atoms with van der Waals surface area (Å²) in [6.45, 7) is 2.03. The SMILES string of the molecule is CCc1cccc(NC(=O)c2cccnc2F)c1. The number of hydrogen-bond acceptors (Lipinski definition) is 2. The highest BCUT2D eigenvalue weighted by Gasteiger charge is 2.11. The quantitative estimate of drug-likeness (QED) is 0.843. The molecular formula is C14H13FN2O. The van der Waals surface area contributed by atoms with E-state index in [0.29, 0.717) is 5.69 Å². The molecule has 0 aliphatic rings. The van der Waals surface area contributed by atoms with Crippen molar-refractivity contribution in [2.24, 2.45) is 0 Å². The van der Waals surface area contributed by atoms with E-state index in [1.807, 2.05) is 25.1 Å². The number of rotatable bonds is 3. The zero-order chi connectivity index (χ0) is 13.0. The fourth-order valence-corrected chi connectivity index (χ4v) is 1.62. The summed E-state index contributed by atoms with van der Waals surface area (Å²) >= 11 is 0. The number of hydrogen-bond donors (Lipinski definition) is 1. The summed E-state index contributed by atoms with van der Waals surface area (Å²) < 4.78 is 13.3. The molecule has 0 atom stereocenters. The third-order valence-electron chi connectivity index (χ3n) is 2.60. The van der Waals surface area contributed by atoms with Crippen molar-refractivity contribution in [3.8, 4) is 0 Å². The van der Waals surface area contributed by atoms with Crippen molar-refractivity contribution in [1.29, 1.82) is 0 Å². The van der Waals surface area contributed by atoms with Crippen molar-refractivity contribution in [2.45, 2.75) is 13.3 Å². The first kappa shape index (κ1) is 12.2. The molecule has 0 aliphatic carbocycles. The molecule has 0 spiro atoms. The smallest absolute Gasteiger partial charge is 0.260 e. The summed E-state index contributed by atoms with van der Waals surface area (Å²) in [6, 6.07) is 10.4. The van der Waals surface area contributed by atoms with Crippen LogP contribution < -0.4 is 5.32 Å². The molecule has 0 fully saturated rings. The number of anilines is 1. The van der Waals surface area contributed by atoms with Gasteiger partial charge < -0.3 is 5.32 Å². The lowest BCUT2D eigenvalue weighted by Gasteiger charge is -2.06. The number of aromatic nitrogens is 1. The predicted octanol–water partition coefficient (Wildman–Crippen LogP) is 3.04. The predicted molar refractivity (Wildman–Crippen MR) is 68.0 cm³/mol. The van der Waals surface area contributed by atoms with E-state index in [1.54, 1.807) is 6.07 Å². The topological polar surface area (TPSA) is 42.0 Å². The summed E-state index contributed by atoms with van der Waals surface area (Å²) in [6.07, 6.45) is 2.19. The van der Waals surface area contributed by atoms with Crippen molar-refractivity contribution < 1.29 is 9.18 Å². The Hall–Kier alpha value is -2.23. The van der Waals surface area contributed by atoms with Gasteiger partial charge in [0, 0.05) is 11.9 Å². The van der Waals surface area contributed by atoms with Crippen molar-refractivity contribution in [3.63, 3.8) is 0 Å². The van der Waals surface area contributed by atoms with Crippen LogP contribution in [0.4, 0.5) is 10.1 Å². The van der Waals surface area contributed by atoms with Gasteiger partial charge in [0.2, 0.25) is 5.95 Å². The van der Waals surface area contributed by atoms with Gasteiger partial charge in [-0.3, -0.25) is 4.79 Å². The Morgan fingerprint density at radius 2 is 2.17 bits per heavy atom. The van der Waals surface area contributed by atoms with Crippen LogP contribution in [0.2, 0.25) is 0 Å². The largest absolute Gasteiger partial charge is 0.322 e. The van der Waals surface area contributed by atoms with Gasteiger partial charge in [0.15, 0.2) is 0 Å². The second-order valence-electron chi connectivity index (χ2n) is 3.85. The Balaban J connectivity index is 2.19. The lowest BCUT2D eigenvalue weighted by Crippen LogP contribution is -2.14. The number of nitrogens with one attached hydrogen (secondary N) is 1. The molecule has 4 heteroatoms. The Kier molecular flexibility index (Phi) is 3.67. The molecule has 1 N–H and O–H groups in total. The summed E-state index contributed by atoms with van der Waals surface area (Å²) in [4.78, 5) is 15.3. The van der Waals surface area contributed by atoms with Crippen molar-refractivity contribution >= 4 is 11.6 Å². The molecule has 92 valence electrons. The standard InChI is InChI=1S/C14H13FN2O/c1-2-10-5-3-6-11(9-10)17-14(18)12-7-4-8-16-13(12)15/h3-9H,2H2,1H3,(H,17,18). The molecule has 0 saturated heterocycles. The fraction of sp³-hybridized carbons (Fsp3) is 0.143. The van der Waals surface area contributed by atoms with Crippen molar-refractivity contribution in [2.75, 3.05) is 5.32 Å². The van der Waals surface area contributed by atoms with Crippen molar-refractivity contribution in [3.05, 3.63) is 59.7 Å². The average Bonchev–Trinajstić information content (AvgIpc) is 2.39. The molecule has 0 aliphatic heterocycles. The van der Waals surface area contributed by atoms with Crippen LogP contribution in [0.5, 0.6) is 0 Å². The molecule has 1 amide bonds. The van der Waals surface area contributed by atoms with Crippen LogP contribution in [-0.4, -0.2) is 10.9 Å². The van der Waals surface area contributed by atoms with Gasteiger partial charge in [0.05, 0.1) is 5.56 Å². The van der Waals surface area contributed by atoms with E-state index in [-0.39, 0.29) is 5.56 Å². The molecule has 2 aromatic rings. The van der Waals surface area contributed by atoms with E-state index < -0.39 is 11.9 Å². The minimum Gasteiger partial charge on any atom is -0.322 e. The maximum atomic E-state index is 13.3. The van der Waals surface area contributed by atoms with Gasteiger partial charge in [-0.05, 0) is 36.2 Å². The highest BCUT2D eigenvalue weighted by molar-refractivity contribution is 6.04. The summed E-state index contributed by atoms with van der Waals surface area (Å²) in [5.74, 6) is -1.25. The van der Waals surface area contributed by atoms with Gasteiger partial charge in [-0.15, -0.1) is 0 Å². The van der Waals surface area contributed by atoms with Gasteiger partial charge in [-0.2, -0.15) is 4.39 Å². The lowest BCUT2D eigenvalue weighted by molar-refractivity contribution is 0.102. The van der Waals surface area contributed by atoms with Gasteiger partial charge in [-0.1, -0.05) is 19.1 Å². The second-order valence-corrected chi connectivity index (χ2v) is 3.85. The first-order valence-corrected chi connectivity index (χ1v) is 5.71. The maximum absolute atomic E-state index is 13.3. The van der Waals surface area contributed by atoms with Crippen LogP contribution in [0.15, 0.2) is 42.6 Å². The highest BCUT2D eigenvalue weighted by atomic mass is 19.1. The van der Waals surface area contributed by atoms with Crippen LogP contribution in [0.1, 0.15) is 22.8 Å². The van der Waals surface area contributed by atoms with Crippen LogP contribution in [0, 0.1) is 5.95 Å². The van der Waals surface area contributed by atoms with E-state index in [9.17, 15) is 9.18 Å². The minimum atomic E-state index is -0.762. The zero-order valence-corrected chi connectivity index (χ0v) is 9.98. The maximum Gasteiger partial charge on any atom is 0.260 e. The van der Waals surface area contributed by atoms with Crippen LogP contribution in [-0.2, 0) is 6.42 Å². The van der Waals surface area contributed by atoms with E-state index in [1.165, 1.54) is 18.3 Å². The average molecular weight is 244 g/mol. The molecule has 2 rings (SSSR count). The molecule has 0 saturated carbocycles. The van der Waals surface area contributed by atoms with Gasteiger partial charge in [0.1, 0.15) is 0 Å². The van der Waals surface area contributed by atoms with Gasteiger partial charge >= 0.3 is 0 Å². The number of nitrogens with zero attached hydrogens (tertiary/aromatic N) is 1. The normalized spacial score (nSPS) is 10.1. The van der Waals surface area contributed by atoms with Crippen LogP contribution >= 0.6 is 0 Å². The van der Waals surface area contributed by atoms with Crippen LogP contribution in [0.3, 0.4) is 0 Å². The minimum absolute atomic E-state index is 0.0561. The van der Waals surface area contributed by atoms with E-state index in [4.69, 9.17) is 0 Å². The fourth-order valence-electron chi connectivity index (χ4n) is 1.62. The third kappa shape index (κ3) is 2.71. The molecule has 3 nitrogen and oxygen atoms in total. The van der Waals surface area contributed by atoms with Gasteiger partial charge in [-0.25, -0.2) is 4.98 Å². The number of aryl methyl sites for hydroxylation is 1. The highest BCUT2D eigenvalue weighted by Crippen LogP contribution is 2.13. The molecular weight excluding hydrogens is 231 g/mol. The third-order valence-corrected chi connectivity index (χ3v) is 2.60. The first-order valence-electron chi connectivity index (χ1n) is 5.71. The summed E-state index contributed by atoms with van der Waals surface area (Å²) in [7, 11) is 0. The number of amides is 1. The molecule has 0 bridgehead atoms. The molecule has 0 radical (unpaired) electrons. The number of benzene rings is 1. The number of pyridine rings is 1. The number of halogens is 1. The molecule has 1 aromatic heterocycles. The Morgan fingerprint density at radius 1 is 1.33 bits per heavy atom. The van der Waals surface area contributed by atoms with E-state index >= 15 is 0 Å². The van der Waals surface area contributed by atoms with E-state index in [0.717, 1.165) is 12.0 Å². The van der Waals surface area contributed by atoms with Crippen molar-refractivity contribution in [1.82, 2.24) is 4.98 Å². The van der Waals surface area contributed by atoms with E-state index in [2.05, 4.69) is 10.3 Å². The van der Waals surface area contributed by atoms with Crippen LogP contribution in [0.25, 0.3) is 0 Å². The zero-order valence-electron chi connectivity index (χ0n) is 9.98. The monoisotopic (exact) mass is 244 g/mol. The second kappa shape index (κ2) is 5.40. The molecule has 0 unspecified atom stereocenters. The molecule has 1 aromatic carbocycles.